The summed E-state index contributed by atoms with van der Waals surface area (Å²) in [6, 6.07) is 13.6. The maximum Gasteiger partial charge on any atom is 0.453 e. The summed E-state index contributed by atoms with van der Waals surface area (Å²) in [6.07, 6.45) is -0.382. The fourth-order valence-electron chi connectivity index (χ4n) is 4.89. The molecule has 1 unspecified atom stereocenters. The highest BCUT2D eigenvalue weighted by atomic mass is 17.2. The van der Waals surface area contributed by atoms with E-state index in [1.54, 1.807) is 30.3 Å². The number of benzene rings is 3. The van der Waals surface area contributed by atoms with Crippen LogP contribution in [0, 0.1) is 13.8 Å². The van der Waals surface area contributed by atoms with Gasteiger partial charge < -0.3 is 33.9 Å². The van der Waals surface area contributed by atoms with E-state index in [1.807, 2.05) is 13.8 Å². The molecule has 1 N–H and O–H groups in total. The van der Waals surface area contributed by atoms with Crippen molar-refractivity contribution in [3.8, 4) is 17.2 Å². The van der Waals surface area contributed by atoms with Crippen LogP contribution in [-0.4, -0.2) is 82.7 Å². The molecule has 0 saturated carbocycles. The summed E-state index contributed by atoms with van der Waals surface area (Å²) >= 11 is 0. The first-order chi connectivity index (χ1) is 22.1. The molecule has 0 aliphatic carbocycles. The van der Waals surface area contributed by atoms with Crippen LogP contribution in [0.5, 0.6) is 17.2 Å². The first-order valence-corrected chi connectivity index (χ1v) is 14.3. The molecule has 13 heteroatoms. The Hall–Kier alpha value is -5.14. The Labute approximate surface area is 266 Å². The third-order valence-corrected chi connectivity index (χ3v) is 7.16. The average molecular weight is 637 g/mol. The summed E-state index contributed by atoms with van der Waals surface area (Å²) in [7, 11) is 4.48. The second-order valence-electron chi connectivity index (χ2n) is 10.4. The minimum Gasteiger partial charge on any atom is -0.497 e. The van der Waals surface area contributed by atoms with Crippen LogP contribution in [0.25, 0.3) is 0 Å². The summed E-state index contributed by atoms with van der Waals surface area (Å²) in [6.45, 7) is 4.20. The number of ketones is 1. The van der Waals surface area contributed by atoms with Gasteiger partial charge in [0.25, 0.3) is 5.91 Å². The fraction of sp³-hybridized carbons (Fsp3) is 0.333. The van der Waals surface area contributed by atoms with Crippen LogP contribution in [0.4, 0.5) is 4.79 Å². The summed E-state index contributed by atoms with van der Waals surface area (Å²) in [5.74, 6) is -0.160. The lowest BCUT2D eigenvalue weighted by atomic mass is 10.0. The molecule has 2 amide bonds. The first-order valence-electron chi connectivity index (χ1n) is 14.3. The van der Waals surface area contributed by atoms with Gasteiger partial charge in [0.05, 0.1) is 18.2 Å². The van der Waals surface area contributed by atoms with Gasteiger partial charge in [-0.3, -0.25) is 9.59 Å². The van der Waals surface area contributed by atoms with Gasteiger partial charge in [0, 0.05) is 44.5 Å². The number of nitrogens with zero attached hydrogens (tertiary/aromatic N) is 1. The molecule has 3 aromatic rings. The number of hydrogen-bond acceptors (Lipinski definition) is 11. The van der Waals surface area contributed by atoms with Crippen molar-refractivity contribution in [3.63, 3.8) is 0 Å². The lowest BCUT2D eigenvalue weighted by molar-refractivity contribution is -0.191. The third kappa shape index (κ3) is 8.31. The number of carbonyl (C=O) groups excluding carboxylic acids is 4. The zero-order chi connectivity index (χ0) is 33.2. The number of likely N-dealkylation sites (tertiary alicyclic amines) is 1. The molecule has 1 atom stereocenters. The van der Waals surface area contributed by atoms with Crippen molar-refractivity contribution >= 4 is 23.8 Å². The summed E-state index contributed by atoms with van der Waals surface area (Å²) in [4.78, 5) is 62.1. The van der Waals surface area contributed by atoms with E-state index in [0.717, 1.165) is 11.1 Å². The molecule has 1 aliphatic heterocycles. The molecule has 0 spiro atoms. The minimum absolute atomic E-state index is 0.0527. The van der Waals surface area contributed by atoms with Gasteiger partial charge in [-0.25, -0.2) is 19.4 Å². The Morgan fingerprint density at radius 2 is 1.46 bits per heavy atom. The van der Waals surface area contributed by atoms with E-state index in [9.17, 15) is 19.2 Å². The van der Waals surface area contributed by atoms with Gasteiger partial charge in [-0.1, -0.05) is 12.1 Å². The van der Waals surface area contributed by atoms with Gasteiger partial charge in [-0.2, -0.15) is 0 Å². The normalized spacial score (nSPS) is 13.9. The van der Waals surface area contributed by atoms with Crippen LogP contribution in [0.3, 0.4) is 0 Å². The molecule has 1 aliphatic rings. The average Bonchev–Trinajstić information content (AvgIpc) is 3.53. The molecule has 4 rings (SSSR count). The number of nitrogens with one attached hydrogen (secondary N) is 1. The number of aryl methyl sites for hydroxylation is 2. The van der Waals surface area contributed by atoms with Gasteiger partial charge in [0.1, 0.15) is 17.2 Å². The lowest BCUT2D eigenvalue weighted by Crippen LogP contribution is -2.38. The van der Waals surface area contributed by atoms with Crippen molar-refractivity contribution in [2.75, 3.05) is 48.0 Å². The molecule has 0 bridgehead atoms. The zero-order valence-electron chi connectivity index (χ0n) is 26.2. The second-order valence-corrected chi connectivity index (χ2v) is 10.4. The molecule has 13 nitrogen and oxygen atoms in total. The Balaban J connectivity index is 1.29. The van der Waals surface area contributed by atoms with E-state index in [4.69, 9.17) is 33.5 Å². The van der Waals surface area contributed by atoms with Crippen molar-refractivity contribution in [1.82, 2.24) is 10.2 Å². The molecule has 0 radical (unpaired) electrons. The Bertz CT molecular complexity index is 1550. The molecule has 0 aromatic heterocycles. The highest BCUT2D eigenvalue weighted by Crippen LogP contribution is 2.28. The Morgan fingerprint density at radius 3 is 2.11 bits per heavy atom. The molecule has 244 valence electrons. The number of hydrogen-bond donors (Lipinski definition) is 1. The van der Waals surface area contributed by atoms with E-state index in [0.29, 0.717) is 35.8 Å². The number of ether oxygens (including phenoxy) is 5. The maximum atomic E-state index is 13.2. The van der Waals surface area contributed by atoms with Gasteiger partial charge in [-0.15, -0.1) is 0 Å². The van der Waals surface area contributed by atoms with Crippen LogP contribution in [0.1, 0.15) is 54.2 Å². The van der Waals surface area contributed by atoms with Gasteiger partial charge in [0.15, 0.2) is 19.4 Å². The standard InChI is InChI=1S/C33H36N2O11/c1-20-14-24(15-21(2)30(20)44-19-41-4)31(37)34-25-12-13-35(17-25)33(39)46-45-32(38)23-8-6-22(7-9-23)29(36)27-16-26(42-5)10-11-28(27)43-18-40-3/h6-11,14-16,25H,12-13,17-19H2,1-5H3,(H,34,37). The van der Waals surface area contributed by atoms with E-state index < -0.39 is 12.1 Å². The highest BCUT2D eigenvalue weighted by molar-refractivity contribution is 6.11. The van der Waals surface area contributed by atoms with Crippen molar-refractivity contribution in [1.29, 1.82) is 0 Å². The summed E-state index contributed by atoms with van der Waals surface area (Å²) < 4.78 is 26.2. The smallest absolute Gasteiger partial charge is 0.453 e. The van der Waals surface area contributed by atoms with Crippen molar-refractivity contribution in [2.45, 2.75) is 26.3 Å². The van der Waals surface area contributed by atoms with Crippen LogP contribution in [0.2, 0.25) is 0 Å². The summed E-state index contributed by atoms with van der Waals surface area (Å²) in [5, 5.41) is 2.92. The third-order valence-electron chi connectivity index (χ3n) is 7.16. The quantitative estimate of drug-likeness (QED) is 0.132. The van der Waals surface area contributed by atoms with Crippen molar-refractivity contribution in [2.24, 2.45) is 0 Å². The van der Waals surface area contributed by atoms with Gasteiger partial charge >= 0.3 is 12.1 Å². The predicted octanol–water partition coefficient (Wildman–Crippen LogP) is 4.22. The first kappa shape index (κ1) is 33.7. The molecule has 1 saturated heterocycles. The molecule has 3 aromatic carbocycles. The van der Waals surface area contributed by atoms with Crippen LogP contribution in [0.15, 0.2) is 54.6 Å². The highest BCUT2D eigenvalue weighted by Gasteiger charge is 2.30. The predicted molar refractivity (Wildman–Crippen MR) is 163 cm³/mol. The van der Waals surface area contributed by atoms with Crippen molar-refractivity contribution < 1.29 is 52.6 Å². The molecular formula is C33H36N2O11. The van der Waals surface area contributed by atoms with Gasteiger partial charge in [0.2, 0.25) is 0 Å². The number of methoxy groups -OCH3 is 3. The van der Waals surface area contributed by atoms with Crippen LogP contribution < -0.4 is 19.5 Å². The second kappa shape index (κ2) is 15.7. The molecule has 1 fully saturated rings. The van der Waals surface area contributed by atoms with Crippen molar-refractivity contribution in [3.05, 3.63) is 88.0 Å². The van der Waals surface area contributed by atoms with E-state index >= 15 is 0 Å². The van der Waals surface area contributed by atoms with Gasteiger partial charge in [-0.05, 0) is 73.9 Å². The number of carbonyl (C=O) groups is 4. The number of amides is 2. The SMILES string of the molecule is COCOc1ccc(OC)cc1C(=O)c1ccc(C(=O)OOC(=O)N2CCC(NC(=O)c3cc(C)c(OCOC)c(C)c3)C2)cc1. The lowest BCUT2D eigenvalue weighted by Gasteiger charge is -2.17. The van der Waals surface area contributed by atoms with E-state index in [2.05, 4.69) is 5.32 Å². The topological polar surface area (TPSA) is 148 Å². The summed E-state index contributed by atoms with van der Waals surface area (Å²) in [5.41, 5.74) is 2.62. The largest absolute Gasteiger partial charge is 0.497 e. The molecular weight excluding hydrogens is 600 g/mol. The van der Waals surface area contributed by atoms with Crippen LogP contribution >= 0.6 is 0 Å². The monoisotopic (exact) mass is 636 g/mol. The zero-order valence-corrected chi connectivity index (χ0v) is 26.2. The molecule has 46 heavy (non-hydrogen) atoms. The maximum absolute atomic E-state index is 13.2. The van der Waals surface area contributed by atoms with E-state index in [1.165, 1.54) is 50.5 Å². The fourth-order valence-corrected chi connectivity index (χ4v) is 4.89. The van der Waals surface area contributed by atoms with E-state index in [-0.39, 0.29) is 54.6 Å². The Morgan fingerprint density at radius 1 is 0.804 bits per heavy atom. The Kier molecular flexibility index (Phi) is 11.5. The minimum atomic E-state index is -0.925. The molecule has 1 heterocycles. The van der Waals surface area contributed by atoms with Crippen LogP contribution in [-0.2, 0) is 19.2 Å². The number of rotatable bonds is 12.